The van der Waals surface area contributed by atoms with E-state index in [1.54, 1.807) is 24.3 Å². The second-order valence-corrected chi connectivity index (χ2v) is 5.19. The molecule has 20 heavy (non-hydrogen) atoms. The molecule has 0 unspecified atom stereocenters. The number of carbonyl (C=O) groups excluding carboxylic acids is 2. The van der Waals surface area contributed by atoms with Gasteiger partial charge in [0.25, 0.3) is 0 Å². The molecule has 0 radical (unpaired) electrons. The summed E-state index contributed by atoms with van der Waals surface area (Å²) in [5.41, 5.74) is 2.07. The van der Waals surface area contributed by atoms with Crippen molar-refractivity contribution >= 4 is 11.6 Å². The van der Waals surface area contributed by atoms with Gasteiger partial charge in [-0.05, 0) is 20.8 Å². The van der Waals surface area contributed by atoms with E-state index in [0.717, 1.165) is 0 Å². The van der Waals surface area contributed by atoms with Gasteiger partial charge < -0.3 is 4.74 Å². The number of hydrogen-bond donors (Lipinski definition) is 0. The van der Waals surface area contributed by atoms with Crippen molar-refractivity contribution in [2.45, 2.75) is 33.3 Å². The Morgan fingerprint density at radius 2 is 1.85 bits per heavy atom. The lowest BCUT2D eigenvalue weighted by Crippen LogP contribution is -2.21. The Bertz CT molecular complexity index is 604. The first kappa shape index (κ1) is 14.3. The van der Waals surface area contributed by atoms with E-state index < -0.39 is 0 Å². The van der Waals surface area contributed by atoms with Crippen molar-refractivity contribution in [1.29, 1.82) is 0 Å². The molecule has 0 heterocycles. The number of fused-ring (bicyclic) bond motifs is 1. The fourth-order valence-corrected chi connectivity index (χ4v) is 2.05. The van der Waals surface area contributed by atoms with Crippen LogP contribution in [0, 0.1) is 0 Å². The van der Waals surface area contributed by atoms with E-state index in [2.05, 4.69) is 0 Å². The van der Waals surface area contributed by atoms with E-state index in [1.165, 1.54) is 11.6 Å². The number of ketones is 2. The first-order valence-corrected chi connectivity index (χ1v) is 6.69. The highest BCUT2D eigenvalue weighted by Gasteiger charge is 2.27. The van der Waals surface area contributed by atoms with Crippen LogP contribution in [0.4, 0.5) is 0 Å². The summed E-state index contributed by atoms with van der Waals surface area (Å²) in [6.07, 6.45) is 3.92. The second kappa shape index (κ2) is 5.87. The molecule has 0 saturated heterocycles. The molecule has 0 saturated carbocycles. The van der Waals surface area contributed by atoms with Crippen molar-refractivity contribution < 1.29 is 14.3 Å². The zero-order valence-corrected chi connectivity index (χ0v) is 12.0. The lowest BCUT2D eigenvalue weighted by atomic mass is 9.93. The zero-order valence-electron chi connectivity index (χ0n) is 12.0. The van der Waals surface area contributed by atoms with Gasteiger partial charge in [0, 0.05) is 23.6 Å². The second-order valence-electron chi connectivity index (χ2n) is 5.19. The van der Waals surface area contributed by atoms with Gasteiger partial charge in [-0.3, -0.25) is 9.59 Å². The van der Waals surface area contributed by atoms with Gasteiger partial charge in [-0.25, -0.2) is 0 Å². The van der Waals surface area contributed by atoms with Crippen LogP contribution in [-0.2, 0) is 4.74 Å². The molecule has 1 aromatic carbocycles. The van der Waals surface area contributed by atoms with E-state index in [4.69, 9.17) is 4.74 Å². The highest BCUT2D eigenvalue weighted by Crippen LogP contribution is 2.23. The van der Waals surface area contributed by atoms with E-state index in [1.807, 2.05) is 26.8 Å². The van der Waals surface area contributed by atoms with Gasteiger partial charge in [-0.1, -0.05) is 35.9 Å². The average Bonchev–Trinajstić information content (AvgIpc) is 2.42. The topological polar surface area (TPSA) is 43.4 Å². The Morgan fingerprint density at radius 3 is 2.50 bits per heavy atom. The van der Waals surface area contributed by atoms with Gasteiger partial charge in [0.05, 0.1) is 6.10 Å². The molecular weight excluding hydrogens is 252 g/mol. The summed E-state index contributed by atoms with van der Waals surface area (Å²) in [6, 6.07) is 6.82. The van der Waals surface area contributed by atoms with Crippen LogP contribution < -0.4 is 0 Å². The monoisotopic (exact) mass is 270 g/mol. The largest absolute Gasteiger partial charge is 0.486 e. The lowest BCUT2D eigenvalue weighted by Gasteiger charge is -2.19. The highest BCUT2D eigenvalue weighted by molar-refractivity contribution is 6.23. The number of rotatable bonds is 4. The predicted molar refractivity (Wildman–Crippen MR) is 77.8 cm³/mol. The number of allylic oxidation sites excluding steroid dienone is 3. The summed E-state index contributed by atoms with van der Waals surface area (Å²) in [4.78, 5) is 24.2. The van der Waals surface area contributed by atoms with Gasteiger partial charge in [0.15, 0.2) is 11.5 Å². The van der Waals surface area contributed by atoms with Crippen LogP contribution in [0.3, 0.4) is 0 Å². The Morgan fingerprint density at radius 1 is 1.20 bits per heavy atom. The molecule has 2 rings (SSSR count). The zero-order chi connectivity index (χ0) is 14.7. The third kappa shape index (κ3) is 3.05. The molecule has 0 amide bonds. The summed E-state index contributed by atoms with van der Waals surface area (Å²) in [5, 5.41) is 0. The minimum Gasteiger partial charge on any atom is -0.486 e. The van der Waals surface area contributed by atoms with Crippen molar-refractivity contribution in [1.82, 2.24) is 0 Å². The summed E-state index contributed by atoms with van der Waals surface area (Å²) < 4.78 is 5.63. The van der Waals surface area contributed by atoms with E-state index in [0.29, 0.717) is 17.5 Å². The number of benzene rings is 1. The van der Waals surface area contributed by atoms with Crippen LogP contribution in [-0.4, -0.2) is 17.7 Å². The molecule has 0 fully saturated rings. The summed E-state index contributed by atoms with van der Waals surface area (Å²) in [7, 11) is 0. The lowest BCUT2D eigenvalue weighted by molar-refractivity contribution is 0.0786. The Labute approximate surface area is 118 Å². The van der Waals surface area contributed by atoms with Crippen LogP contribution in [0.15, 0.2) is 47.7 Å². The minimum atomic E-state index is -0.218. The van der Waals surface area contributed by atoms with Crippen LogP contribution in [0.5, 0.6) is 0 Å². The first-order valence-electron chi connectivity index (χ1n) is 6.69. The average molecular weight is 270 g/mol. The minimum absolute atomic E-state index is 0.141. The molecule has 1 atom stereocenters. The molecule has 1 aromatic rings. The standard InChI is InChI=1S/C17H18O3/c1-11(2)8-9-12(3)20-16-10-15(18)13-6-4-5-7-14(13)17(16)19/h4-8,10,12H,9H2,1-3H3/t12-/m0/s1. The van der Waals surface area contributed by atoms with Gasteiger partial charge in [-0.2, -0.15) is 0 Å². The molecular formula is C17H18O3. The van der Waals surface area contributed by atoms with E-state index >= 15 is 0 Å². The highest BCUT2D eigenvalue weighted by atomic mass is 16.5. The molecule has 3 heteroatoms. The smallest absolute Gasteiger partial charge is 0.228 e. The van der Waals surface area contributed by atoms with Crippen molar-refractivity contribution in [3.63, 3.8) is 0 Å². The summed E-state index contributed by atoms with van der Waals surface area (Å²) in [5.74, 6) is -0.253. The molecule has 104 valence electrons. The van der Waals surface area contributed by atoms with Crippen molar-refractivity contribution in [2.24, 2.45) is 0 Å². The van der Waals surface area contributed by atoms with E-state index in [-0.39, 0.29) is 23.4 Å². The van der Waals surface area contributed by atoms with Gasteiger partial charge >= 0.3 is 0 Å². The van der Waals surface area contributed by atoms with Crippen molar-refractivity contribution in [2.75, 3.05) is 0 Å². The van der Waals surface area contributed by atoms with Gasteiger partial charge in [-0.15, -0.1) is 0 Å². The Kier molecular flexibility index (Phi) is 4.18. The fraction of sp³-hybridized carbons (Fsp3) is 0.294. The van der Waals surface area contributed by atoms with E-state index in [9.17, 15) is 9.59 Å². The van der Waals surface area contributed by atoms with Crippen LogP contribution in [0.2, 0.25) is 0 Å². The van der Waals surface area contributed by atoms with Crippen LogP contribution in [0.1, 0.15) is 47.9 Å². The van der Waals surface area contributed by atoms with Crippen molar-refractivity contribution in [3.8, 4) is 0 Å². The first-order chi connectivity index (χ1) is 9.49. The fourth-order valence-electron chi connectivity index (χ4n) is 2.05. The molecule has 1 aliphatic carbocycles. The number of hydrogen-bond acceptors (Lipinski definition) is 3. The number of carbonyl (C=O) groups is 2. The third-order valence-electron chi connectivity index (χ3n) is 3.11. The van der Waals surface area contributed by atoms with Gasteiger partial charge in [0.2, 0.25) is 5.78 Å². The molecule has 3 nitrogen and oxygen atoms in total. The maximum absolute atomic E-state index is 12.3. The van der Waals surface area contributed by atoms with Crippen molar-refractivity contribution in [3.05, 3.63) is 58.9 Å². The predicted octanol–water partition coefficient (Wildman–Crippen LogP) is 3.71. The molecule has 0 bridgehead atoms. The maximum Gasteiger partial charge on any atom is 0.228 e. The molecule has 0 N–H and O–H groups in total. The summed E-state index contributed by atoms with van der Waals surface area (Å²) >= 11 is 0. The molecule has 1 aliphatic rings. The SMILES string of the molecule is CC(C)=CC[C@H](C)OC1=CC(=O)c2ccccc2C1=O. The Hall–Kier alpha value is -2.16. The van der Waals surface area contributed by atoms with Crippen LogP contribution in [0.25, 0.3) is 0 Å². The quantitative estimate of drug-likeness (QED) is 0.783. The molecule has 0 spiro atoms. The Balaban J connectivity index is 2.17. The maximum atomic E-state index is 12.3. The normalized spacial score (nSPS) is 15.2. The number of Topliss-reactive ketones (excluding diaryl/α,β-unsaturated/α-hetero) is 1. The third-order valence-corrected chi connectivity index (χ3v) is 3.11. The number of ether oxygens (including phenoxy) is 1. The molecule has 0 aromatic heterocycles. The van der Waals surface area contributed by atoms with Crippen LogP contribution >= 0.6 is 0 Å². The summed E-state index contributed by atoms with van der Waals surface area (Å²) in [6.45, 7) is 5.91. The molecule has 0 aliphatic heterocycles. The van der Waals surface area contributed by atoms with Gasteiger partial charge in [0.1, 0.15) is 0 Å².